The fourth-order valence-corrected chi connectivity index (χ4v) is 1.16. The Kier molecular flexibility index (Phi) is 2.16. The molecule has 0 amide bonds. The fraction of sp³-hybridized carbons (Fsp3) is 0. The molecule has 0 bridgehead atoms. The minimum absolute atomic E-state index is 0.461. The molecule has 4 nitrogen and oxygen atoms in total. The van der Waals surface area contributed by atoms with E-state index in [9.17, 15) is 0 Å². The molecule has 1 heterocycles. The van der Waals surface area contributed by atoms with Gasteiger partial charge >= 0.3 is 0 Å². The summed E-state index contributed by atoms with van der Waals surface area (Å²) in [5, 5.41) is 11.4. The second-order valence-corrected chi connectivity index (χ2v) is 3.10. The normalized spacial score (nSPS) is 10.3. The van der Waals surface area contributed by atoms with E-state index in [1.54, 1.807) is 18.2 Å². The van der Waals surface area contributed by atoms with Gasteiger partial charge in [0.15, 0.2) is 0 Å². The van der Waals surface area contributed by atoms with Crippen molar-refractivity contribution < 1.29 is 0 Å². The third kappa shape index (κ3) is 1.64. The molecule has 0 fully saturated rings. The van der Waals surface area contributed by atoms with Gasteiger partial charge in [-0.05, 0) is 28.6 Å². The zero-order valence-corrected chi connectivity index (χ0v) is 7.79. The molecule has 0 spiro atoms. The standard InChI is InChI=1S/C7H3Cl2N4/c8-6-2-1-5(3-7(6)9)13-4-10-11-12-13/h1-3H. The average molecular weight is 214 g/mol. The van der Waals surface area contributed by atoms with Crippen LogP contribution in [0, 0.1) is 6.33 Å². The van der Waals surface area contributed by atoms with Crippen molar-refractivity contribution in [3.05, 3.63) is 34.6 Å². The van der Waals surface area contributed by atoms with Crippen LogP contribution in [-0.4, -0.2) is 20.2 Å². The number of nitrogens with zero attached hydrogens (tertiary/aromatic N) is 4. The smallest absolute Gasteiger partial charge is 0.190 e. The van der Waals surface area contributed by atoms with Crippen LogP contribution in [0.4, 0.5) is 0 Å². The molecular weight excluding hydrogens is 211 g/mol. The van der Waals surface area contributed by atoms with Crippen LogP contribution in [0.5, 0.6) is 0 Å². The zero-order valence-electron chi connectivity index (χ0n) is 6.28. The summed E-state index contributed by atoms with van der Waals surface area (Å²) >= 11 is 11.5. The number of tetrazole rings is 1. The van der Waals surface area contributed by atoms with Crippen LogP contribution in [-0.2, 0) is 0 Å². The van der Waals surface area contributed by atoms with Crippen LogP contribution < -0.4 is 0 Å². The lowest BCUT2D eigenvalue weighted by Crippen LogP contribution is -1.94. The second-order valence-electron chi connectivity index (χ2n) is 2.29. The number of benzene rings is 1. The molecule has 1 aromatic carbocycles. The van der Waals surface area contributed by atoms with Gasteiger partial charge in [-0.15, -0.1) is 5.10 Å². The molecule has 2 aromatic rings. The molecule has 2 rings (SSSR count). The summed E-state index contributed by atoms with van der Waals surface area (Å²) in [5.74, 6) is 0. The molecule has 0 aliphatic heterocycles. The minimum atomic E-state index is 0.461. The van der Waals surface area contributed by atoms with Crippen molar-refractivity contribution in [2.45, 2.75) is 0 Å². The maximum Gasteiger partial charge on any atom is 0.226 e. The quantitative estimate of drug-likeness (QED) is 0.726. The van der Waals surface area contributed by atoms with Gasteiger partial charge in [0.1, 0.15) is 0 Å². The highest BCUT2D eigenvalue weighted by Crippen LogP contribution is 2.23. The van der Waals surface area contributed by atoms with Crippen molar-refractivity contribution in [1.82, 2.24) is 20.2 Å². The van der Waals surface area contributed by atoms with Gasteiger partial charge in [0.25, 0.3) is 0 Å². The van der Waals surface area contributed by atoms with E-state index in [1.807, 2.05) is 0 Å². The summed E-state index contributed by atoms with van der Waals surface area (Å²) in [6, 6.07) is 5.09. The van der Waals surface area contributed by atoms with Crippen molar-refractivity contribution in [2.24, 2.45) is 0 Å². The van der Waals surface area contributed by atoms with Gasteiger partial charge in [-0.25, -0.2) is 0 Å². The first-order valence-corrected chi connectivity index (χ1v) is 4.14. The Morgan fingerprint density at radius 2 is 2.08 bits per heavy atom. The van der Waals surface area contributed by atoms with E-state index in [2.05, 4.69) is 21.9 Å². The molecule has 0 atom stereocenters. The summed E-state index contributed by atoms with van der Waals surface area (Å²) in [7, 11) is 0. The fourth-order valence-electron chi connectivity index (χ4n) is 0.869. The molecule has 0 saturated carbocycles. The SMILES string of the molecule is Clc1ccc(-n2[c]nnn2)cc1Cl. The molecular formula is C7H3Cl2N4. The van der Waals surface area contributed by atoms with Gasteiger partial charge in [-0.3, -0.25) is 0 Å². The number of hydrogen-bond donors (Lipinski definition) is 0. The van der Waals surface area contributed by atoms with Crippen LogP contribution in [0.3, 0.4) is 0 Å². The van der Waals surface area contributed by atoms with Crippen molar-refractivity contribution in [3.63, 3.8) is 0 Å². The summed E-state index contributed by atoms with van der Waals surface area (Å²) < 4.78 is 1.38. The third-order valence-corrected chi connectivity index (χ3v) is 2.20. The van der Waals surface area contributed by atoms with E-state index in [-0.39, 0.29) is 0 Å². The van der Waals surface area contributed by atoms with Crippen LogP contribution in [0.25, 0.3) is 5.69 Å². The van der Waals surface area contributed by atoms with E-state index in [0.717, 1.165) is 5.69 Å². The van der Waals surface area contributed by atoms with Gasteiger partial charge in [0.2, 0.25) is 6.33 Å². The first-order valence-electron chi connectivity index (χ1n) is 3.39. The van der Waals surface area contributed by atoms with E-state index in [1.165, 1.54) is 4.68 Å². The van der Waals surface area contributed by atoms with Crippen molar-refractivity contribution in [3.8, 4) is 5.69 Å². The van der Waals surface area contributed by atoms with Gasteiger partial charge in [0, 0.05) is 0 Å². The predicted octanol–water partition coefficient (Wildman–Crippen LogP) is 1.77. The summed E-state index contributed by atoms with van der Waals surface area (Å²) in [6.07, 6.45) is 2.54. The Bertz CT molecular complexity index is 412. The monoisotopic (exact) mass is 213 g/mol. The van der Waals surface area contributed by atoms with Gasteiger partial charge in [-0.1, -0.05) is 23.2 Å². The van der Waals surface area contributed by atoms with E-state index in [4.69, 9.17) is 23.2 Å². The molecule has 13 heavy (non-hydrogen) atoms. The number of hydrogen-bond acceptors (Lipinski definition) is 3. The molecule has 65 valence electrons. The molecule has 0 aliphatic carbocycles. The first kappa shape index (κ1) is 8.47. The summed E-state index contributed by atoms with van der Waals surface area (Å²) in [5.41, 5.74) is 0.722. The Morgan fingerprint density at radius 3 is 2.69 bits per heavy atom. The largest absolute Gasteiger partial charge is 0.226 e. The highest BCUT2D eigenvalue weighted by Gasteiger charge is 2.02. The maximum atomic E-state index is 5.80. The highest BCUT2D eigenvalue weighted by molar-refractivity contribution is 6.42. The lowest BCUT2D eigenvalue weighted by atomic mass is 10.3. The molecule has 1 radical (unpaired) electrons. The van der Waals surface area contributed by atoms with Crippen molar-refractivity contribution in [1.29, 1.82) is 0 Å². The topological polar surface area (TPSA) is 43.6 Å². The Morgan fingerprint density at radius 1 is 1.23 bits per heavy atom. The first-order chi connectivity index (χ1) is 6.27. The van der Waals surface area contributed by atoms with Crippen LogP contribution in [0.2, 0.25) is 10.0 Å². The second kappa shape index (κ2) is 3.32. The Labute approximate surface area is 84.1 Å². The molecule has 6 heteroatoms. The number of halogens is 2. The average Bonchev–Trinajstić information content (AvgIpc) is 2.62. The zero-order chi connectivity index (χ0) is 9.26. The van der Waals surface area contributed by atoms with Crippen molar-refractivity contribution >= 4 is 23.2 Å². The van der Waals surface area contributed by atoms with E-state index < -0.39 is 0 Å². The molecule has 0 saturated heterocycles. The molecule has 0 unspecified atom stereocenters. The highest BCUT2D eigenvalue weighted by atomic mass is 35.5. The summed E-state index contributed by atoms with van der Waals surface area (Å²) in [6.45, 7) is 0. The number of aromatic nitrogens is 4. The predicted molar refractivity (Wildman–Crippen MR) is 48.0 cm³/mol. The molecule has 0 aliphatic rings. The molecule has 1 aromatic heterocycles. The molecule has 0 N–H and O–H groups in total. The Hall–Kier alpha value is -1.13. The maximum absolute atomic E-state index is 5.80. The van der Waals surface area contributed by atoms with Gasteiger partial charge in [0.05, 0.1) is 15.7 Å². The third-order valence-electron chi connectivity index (χ3n) is 1.46. The van der Waals surface area contributed by atoms with Crippen molar-refractivity contribution in [2.75, 3.05) is 0 Å². The minimum Gasteiger partial charge on any atom is -0.190 e. The van der Waals surface area contributed by atoms with Crippen LogP contribution in [0.15, 0.2) is 18.2 Å². The Balaban J connectivity index is 2.49. The van der Waals surface area contributed by atoms with Gasteiger partial charge < -0.3 is 0 Å². The lowest BCUT2D eigenvalue weighted by Gasteiger charge is -1.99. The van der Waals surface area contributed by atoms with Crippen LogP contribution in [0.1, 0.15) is 0 Å². The van der Waals surface area contributed by atoms with E-state index >= 15 is 0 Å². The lowest BCUT2D eigenvalue weighted by molar-refractivity contribution is 0.787. The van der Waals surface area contributed by atoms with Crippen LogP contribution >= 0.6 is 23.2 Å². The van der Waals surface area contributed by atoms with Gasteiger partial charge in [-0.2, -0.15) is 4.68 Å². The summed E-state index contributed by atoms with van der Waals surface area (Å²) in [4.78, 5) is 0. The number of rotatable bonds is 1. The van der Waals surface area contributed by atoms with E-state index in [0.29, 0.717) is 10.0 Å².